The van der Waals surface area contributed by atoms with E-state index in [0.717, 1.165) is 5.33 Å². The Hall–Kier alpha value is 0.170. The second kappa shape index (κ2) is 6.85. The lowest BCUT2D eigenvalue weighted by atomic mass is 10.5. The maximum absolute atomic E-state index is 10.7. The van der Waals surface area contributed by atoms with Gasteiger partial charge in [0.2, 0.25) is 0 Å². The molecule has 1 atom stereocenters. The molecule has 64 valence electrons. The molecular weight excluding hydrogens is 276 g/mol. The van der Waals surface area contributed by atoms with Crippen LogP contribution in [0, 0.1) is 0 Å². The third-order valence-corrected chi connectivity index (χ3v) is 3.12. The minimum absolute atomic E-state index is 0.191. The van der Waals surface area contributed by atoms with E-state index in [2.05, 4.69) is 31.9 Å². The number of hydrogen-bond donors (Lipinski definition) is 0. The number of carbonyl (C=O) groups is 1. The fourth-order valence-electron chi connectivity index (χ4n) is 0.401. The molecule has 0 heterocycles. The molecule has 0 fully saturated rings. The van der Waals surface area contributed by atoms with Crippen molar-refractivity contribution in [1.29, 1.82) is 0 Å². The molecule has 0 aromatic carbocycles. The van der Waals surface area contributed by atoms with E-state index < -0.39 is 0 Å². The molecule has 0 aromatic heterocycles. The summed E-state index contributed by atoms with van der Waals surface area (Å²) >= 11 is 6.56. The predicted molar refractivity (Wildman–Crippen MR) is 52.3 cm³/mol. The molecule has 11 heavy (non-hydrogen) atoms. The van der Waals surface area contributed by atoms with Gasteiger partial charge in [-0.2, -0.15) is 0 Å². The van der Waals surface area contributed by atoms with Crippen molar-refractivity contribution in [2.24, 2.45) is 0 Å². The molecule has 0 saturated carbocycles. The quantitative estimate of drug-likeness (QED) is 0.450. The highest BCUT2D eigenvalue weighted by molar-refractivity contribution is 9.12. The van der Waals surface area contributed by atoms with Crippen LogP contribution in [0.3, 0.4) is 0 Å². The third kappa shape index (κ3) is 6.56. The Morgan fingerprint density at radius 1 is 1.73 bits per heavy atom. The summed E-state index contributed by atoms with van der Waals surface area (Å²) in [6.45, 7) is 2.17. The maximum atomic E-state index is 10.7. The van der Waals surface area contributed by atoms with Gasteiger partial charge in [-0.25, -0.2) is 4.79 Å². The number of allylic oxidation sites excluding steroid dienone is 1. The molecule has 0 aromatic rings. The van der Waals surface area contributed by atoms with Crippen LogP contribution >= 0.6 is 31.9 Å². The van der Waals surface area contributed by atoms with E-state index >= 15 is 0 Å². The molecule has 0 N–H and O–H groups in total. The van der Waals surface area contributed by atoms with Gasteiger partial charge >= 0.3 is 5.97 Å². The van der Waals surface area contributed by atoms with Crippen LogP contribution in [0.2, 0.25) is 0 Å². The highest BCUT2D eigenvalue weighted by atomic mass is 79.9. The molecule has 1 unspecified atom stereocenters. The number of esters is 1. The van der Waals surface area contributed by atoms with Gasteiger partial charge in [-0.1, -0.05) is 37.9 Å². The van der Waals surface area contributed by atoms with E-state index in [4.69, 9.17) is 4.74 Å². The first-order valence-electron chi connectivity index (χ1n) is 3.20. The SMILES string of the molecule is CC=CC(=O)OCC(Br)CBr. The first-order valence-corrected chi connectivity index (χ1v) is 5.24. The number of rotatable bonds is 4. The van der Waals surface area contributed by atoms with Gasteiger partial charge in [0.05, 0.1) is 4.83 Å². The van der Waals surface area contributed by atoms with Crippen LogP contribution in [-0.4, -0.2) is 22.7 Å². The fraction of sp³-hybridized carbons (Fsp3) is 0.571. The average molecular weight is 286 g/mol. The zero-order valence-corrected chi connectivity index (χ0v) is 9.39. The summed E-state index contributed by atoms with van der Waals surface area (Å²) in [5, 5.41) is 0.774. The lowest BCUT2D eigenvalue weighted by molar-refractivity contribution is -0.137. The summed E-state index contributed by atoms with van der Waals surface area (Å²) in [6, 6.07) is 0. The Labute approximate surface area is 83.2 Å². The molecule has 0 saturated heterocycles. The van der Waals surface area contributed by atoms with E-state index in [1.807, 2.05) is 0 Å². The summed E-state index contributed by atoms with van der Waals surface area (Å²) in [5.41, 5.74) is 0. The number of halogens is 2. The first-order chi connectivity index (χ1) is 5.20. The van der Waals surface area contributed by atoms with Gasteiger partial charge in [0.15, 0.2) is 0 Å². The van der Waals surface area contributed by atoms with Gasteiger partial charge in [-0.15, -0.1) is 0 Å². The van der Waals surface area contributed by atoms with Crippen LogP contribution in [-0.2, 0) is 9.53 Å². The van der Waals surface area contributed by atoms with Gasteiger partial charge < -0.3 is 4.74 Å². The zero-order valence-electron chi connectivity index (χ0n) is 6.22. The summed E-state index contributed by atoms with van der Waals surface area (Å²) in [6.07, 6.45) is 3.05. The Kier molecular flexibility index (Phi) is 6.96. The highest BCUT2D eigenvalue weighted by Crippen LogP contribution is 2.03. The van der Waals surface area contributed by atoms with Gasteiger partial charge in [0.25, 0.3) is 0 Å². The molecule has 0 bridgehead atoms. The van der Waals surface area contributed by atoms with Crippen LogP contribution < -0.4 is 0 Å². The number of alkyl halides is 2. The van der Waals surface area contributed by atoms with Crippen LogP contribution in [0.1, 0.15) is 6.92 Å². The minimum atomic E-state index is -0.294. The van der Waals surface area contributed by atoms with Crippen molar-refractivity contribution in [3.63, 3.8) is 0 Å². The predicted octanol–water partition coefficient (Wildman–Crippen LogP) is 2.26. The van der Waals surface area contributed by atoms with Gasteiger partial charge in [0.1, 0.15) is 6.61 Å². The van der Waals surface area contributed by atoms with Crippen molar-refractivity contribution in [1.82, 2.24) is 0 Å². The Bertz CT molecular complexity index is 145. The lowest BCUT2D eigenvalue weighted by Gasteiger charge is -2.04. The Balaban J connectivity index is 3.45. The molecule has 0 amide bonds. The van der Waals surface area contributed by atoms with Gasteiger partial charge in [-0.3, -0.25) is 0 Å². The van der Waals surface area contributed by atoms with Gasteiger partial charge in [-0.05, 0) is 6.92 Å². The molecular formula is C7H10Br2O2. The Morgan fingerprint density at radius 3 is 2.82 bits per heavy atom. The molecule has 4 heteroatoms. The van der Waals surface area contributed by atoms with Crippen molar-refractivity contribution < 1.29 is 9.53 Å². The number of ether oxygens (including phenoxy) is 1. The van der Waals surface area contributed by atoms with E-state index in [9.17, 15) is 4.79 Å². The van der Waals surface area contributed by atoms with E-state index in [1.54, 1.807) is 13.0 Å². The number of hydrogen-bond acceptors (Lipinski definition) is 2. The van der Waals surface area contributed by atoms with Crippen molar-refractivity contribution in [2.75, 3.05) is 11.9 Å². The largest absolute Gasteiger partial charge is 0.461 e. The molecule has 0 aliphatic heterocycles. The Morgan fingerprint density at radius 2 is 2.36 bits per heavy atom. The molecule has 0 radical (unpaired) electrons. The zero-order chi connectivity index (χ0) is 8.69. The topological polar surface area (TPSA) is 26.3 Å². The fourth-order valence-corrected chi connectivity index (χ4v) is 0.720. The minimum Gasteiger partial charge on any atom is -0.461 e. The smallest absolute Gasteiger partial charge is 0.330 e. The molecule has 0 aliphatic rings. The molecule has 0 spiro atoms. The van der Waals surface area contributed by atoms with E-state index in [-0.39, 0.29) is 10.8 Å². The van der Waals surface area contributed by atoms with E-state index in [0.29, 0.717) is 6.61 Å². The van der Waals surface area contributed by atoms with Crippen LogP contribution in [0.15, 0.2) is 12.2 Å². The van der Waals surface area contributed by atoms with Crippen molar-refractivity contribution in [3.8, 4) is 0 Å². The third-order valence-electron chi connectivity index (χ3n) is 0.877. The summed E-state index contributed by atoms with van der Waals surface area (Å²) < 4.78 is 4.83. The monoisotopic (exact) mass is 284 g/mol. The standard InChI is InChI=1S/C7H10Br2O2/c1-2-3-7(10)11-5-6(9)4-8/h2-3,6H,4-5H2,1H3. The summed E-state index contributed by atoms with van der Waals surface area (Å²) in [7, 11) is 0. The van der Waals surface area contributed by atoms with Crippen molar-refractivity contribution in [2.45, 2.75) is 11.8 Å². The van der Waals surface area contributed by atoms with Crippen molar-refractivity contribution >= 4 is 37.8 Å². The lowest BCUT2D eigenvalue weighted by Crippen LogP contribution is -2.12. The highest BCUT2D eigenvalue weighted by Gasteiger charge is 2.03. The van der Waals surface area contributed by atoms with E-state index in [1.165, 1.54) is 6.08 Å². The van der Waals surface area contributed by atoms with Crippen molar-refractivity contribution in [3.05, 3.63) is 12.2 Å². The first kappa shape index (κ1) is 11.2. The second-order valence-corrected chi connectivity index (χ2v) is 3.82. The van der Waals surface area contributed by atoms with Gasteiger partial charge in [0, 0.05) is 11.4 Å². The average Bonchev–Trinajstić information content (AvgIpc) is 2.01. The summed E-state index contributed by atoms with van der Waals surface area (Å²) in [5.74, 6) is -0.294. The maximum Gasteiger partial charge on any atom is 0.330 e. The van der Waals surface area contributed by atoms with Crippen LogP contribution in [0.4, 0.5) is 0 Å². The molecule has 0 aliphatic carbocycles. The normalized spacial score (nSPS) is 13.4. The number of carbonyl (C=O) groups excluding carboxylic acids is 1. The second-order valence-electron chi connectivity index (χ2n) is 1.88. The molecule has 0 rings (SSSR count). The van der Waals surface area contributed by atoms with Crippen LogP contribution in [0.5, 0.6) is 0 Å². The van der Waals surface area contributed by atoms with Crippen LogP contribution in [0.25, 0.3) is 0 Å². The summed E-state index contributed by atoms with van der Waals surface area (Å²) in [4.78, 5) is 10.9. The molecule has 2 nitrogen and oxygen atoms in total.